The average molecular weight is 636 g/mol. The molecule has 9 rings (SSSR count). The van der Waals surface area contributed by atoms with Gasteiger partial charge >= 0.3 is 0 Å². The highest BCUT2D eigenvalue weighted by molar-refractivity contribution is 6.11. The second kappa shape index (κ2) is 11.4. The van der Waals surface area contributed by atoms with Crippen molar-refractivity contribution >= 4 is 49.3 Å². The van der Waals surface area contributed by atoms with E-state index in [-0.39, 0.29) is 0 Å². The lowest BCUT2D eigenvalue weighted by Gasteiger charge is -2.17. The van der Waals surface area contributed by atoms with E-state index in [0.717, 1.165) is 55.3 Å². The van der Waals surface area contributed by atoms with Gasteiger partial charge in [0, 0.05) is 38.5 Å². The van der Waals surface area contributed by atoms with Gasteiger partial charge in [-0.1, -0.05) is 103 Å². The smallest absolute Gasteiger partial charge is 0.188 e. The minimum Gasteiger partial charge on any atom is -0.309 e. The molecule has 0 spiro atoms. The number of aromatic nitrogens is 2. The maximum atomic E-state index is 10.7. The molecule has 0 aliphatic rings. The number of benzene rings is 7. The first-order chi connectivity index (χ1) is 24.7. The van der Waals surface area contributed by atoms with Crippen molar-refractivity contribution in [3.05, 3.63) is 174 Å². The Morgan fingerprint density at radius 3 is 1.70 bits per heavy atom. The van der Waals surface area contributed by atoms with Gasteiger partial charge in [-0.3, -0.25) is 0 Å². The lowest BCUT2D eigenvalue weighted by molar-refractivity contribution is 1.18. The highest BCUT2D eigenvalue weighted by Crippen LogP contribution is 2.41. The average Bonchev–Trinajstić information content (AvgIpc) is 3.70. The van der Waals surface area contributed by atoms with Crippen LogP contribution in [0.3, 0.4) is 0 Å². The SMILES string of the molecule is [C-]#[N+]c1ccc2c(c1)c1ccccc1n2-c1ccccc1-c1ccc(-c2cccc(-n3c4ccccc4c4ccccc43)c2)c(C#N)c1C#N. The topological polar surface area (TPSA) is 61.8 Å². The second-order valence-corrected chi connectivity index (χ2v) is 12.2. The Labute approximate surface area is 288 Å². The van der Waals surface area contributed by atoms with Crippen LogP contribution in [0, 0.1) is 29.2 Å². The molecule has 0 N–H and O–H groups in total. The van der Waals surface area contributed by atoms with Crippen molar-refractivity contribution in [1.29, 1.82) is 10.5 Å². The third-order valence-corrected chi connectivity index (χ3v) is 9.64. The van der Waals surface area contributed by atoms with Gasteiger partial charge in [-0.15, -0.1) is 0 Å². The van der Waals surface area contributed by atoms with Crippen molar-refractivity contribution in [2.45, 2.75) is 0 Å². The quantitative estimate of drug-likeness (QED) is 0.181. The van der Waals surface area contributed by atoms with Crippen molar-refractivity contribution < 1.29 is 0 Å². The van der Waals surface area contributed by atoms with Crippen molar-refractivity contribution in [3.8, 4) is 45.8 Å². The molecule has 5 heteroatoms. The molecule has 0 atom stereocenters. The molecular formula is C45H25N5. The standard InChI is InChI=1S/C45H25N5/c1-48-30-21-24-45-38(26-30)37-16-5-9-20-44(37)50(45)43-19-8-2-13-34(43)33-23-22-32(39(27-46)40(33)28-47)29-11-10-12-31(25-29)49-41-17-6-3-14-35(41)36-15-4-7-18-42(36)49/h2-26H. The number of hydrogen-bond donors (Lipinski definition) is 0. The van der Waals surface area contributed by atoms with E-state index in [9.17, 15) is 10.5 Å². The molecule has 0 unspecified atom stereocenters. The molecule has 50 heavy (non-hydrogen) atoms. The molecule has 2 heterocycles. The van der Waals surface area contributed by atoms with Crippen molar-refractivity contribution in [2.24, 2.45) is 0 Å². The van der Waals surface area contributed by atoms with E-state index in [2.05, 4.69) is 98.9 Å². The molecular weight excluding hydrogens is 611 g/mol. The number of nitrogens with zero attached hydrogens (tertiary/aromatic N) is 5. The van der Waals surface area contributed by atoms with Crippen LogP contribution >= 0.6 is 0 Å². The van der Waals surface area contributed by atoms with E-state index in [0.29, 0.717) is 27.9 Å². The zero-order valence-electron chi connectivity index (χ0n) is 26.7. The number of hydrogen-bond acceptors (Lipinski definition) is 2. The minimum atomic E-state index is 0.329. The Morgan fingerprint density at radius 2 is 1.02 bits per heavy atom. The number of nitriles is 2. The van der Waals surface area contributed by atoms with Crippen LogP contribution in [-0.4, -0.2) is 9.13 Å². The van der Waals surface area contributed by atoms with E-state index >= 15 is 0 Å². The van der Waals surface area contributed by atoms with Gasteiger partial charge in [-0.05, 0) is 59.5 Å². The lowest BCUT2D eigenvalue weighted by atomic mass is 9.89. The van der Waals surface area contributed by atoms with Crippen LogP contribution in [0.15, 0.2) is 152 Å². The highest BCUT2D eigenvalue weighted by Gasteiger charge is 2.21. The van der Waals surface area contributed by atoms with Crippen molar-refractivity contribution in [2.75, 3.05) is 0 Å². The predicted octanol–water partition coefficient (Wildman–Crippen LogP) is 11.5. The van der Waals surface area contributed by atoms with Crippen molar-refractivity contribution in [1.82, 2.24) is 9.13 Å². The second-order valence-electron chi connectivity index (χ2n) is 12.2. The van der Waals surface area contributed by atoms with Crippen LogP contribution in [0.1, 0.15) is 11.1 Å². The first kappa shape index (κ1) is 28.8. The molecule has 0 aliphatic carbocycles. The summed E-state index contributed by atoms with van der Waals surface area (Å²) in [6, 6.07) is 55.6. The summed E-state index contributed by atoms with van der Waals surface area (Å²) in [6.45, 7) is 7.58. The van der Waals surface area contributed by atoms with Crippen molar-refractivity contribution in [3.63, 3.8) is 0 Å². The largest absolute Gasteiger partial charge is 0.309 e. The lowest BCUT2D eigenvalue weighted by Crippen LogP contribution is -2.00. The van der Waals surface area contributed by atoms with Crippen LogP contribution in [0.4, 0.5) is 5.69 Å². The normalized spacial score (nSPS) is 11.1. The maximum absolute atomic E-state index is 10.7. The molecule has 7 aromatic carbocycles. The molecule has 0 saturated heterocycles. The molecule has 0 amide bonds. The van der Waals surface area contributed by atoms with Crippen LogP contribution in [0.5, 0.6) is 0 Å². The predicted molar refractivity (Wildman–Crippen MR) is 202 cm³/mol. The molecule has 0 aliphatic heterocycles. The Balaban J connectivity index is 1.24. The van der Waals surface area contributed by atoms with Gasteiger partial charge in [-0.2, -0.15) is 10.5 Å². The van der Waals surface area contributed by atoms with E-state index < -0.39 is 0 Å². The molecule has 0 bridgehead atoms. The first-order valence-electron chi connectivity index (χ1n) is 16.3. The molecule has 2 aromatic heterocycles. The van der Waals surface area contributed by atoms with Crippen LogP contribution < -0.4 is 0 Å². The van der Waals surface area contributed by atoms with Gasteiger partial charge < -0.3 is 9.13 Å². The van der Waals surface area contributed by atoms with Gasteiger partial charge in [0.2, 0.25) is 0 Å². The fraction of sp³-hybridized carbons (Fsp3) is 0. The summed E-state index contributed by atoms with van der Waals surface area (Å²) in [6.07, 6.45) is 0. The first-order valence-corrected chi connectivity index (χ1v) is 16.3. The van der Waals surface area contributed by atoms with Crippen LogP contribution in [0.2, 0.25) is 0 Å². The summed E-state index contributed by atoms with van der Waals surface area (Å²) >= 11 is 0. The summed E-state index contributed by atoms with van der Waals surface area (Å²) in [4.78, 5) is 3.67. The molecule has 0 fully saturated rings. The fourth-order valence-corrected chi connectivity index (χ4v) is 7.50. The Bertz CT molecular complexity index is 2920. The summed E-state index contributed by atoms with van der Waals surface area (Å²) in [7, 11) is 0. The maximum Gasteiger partial charge on any atom is 0.188 e. The van der Waals surface area contributed by atoms with E-state index in [4.69, 9.17) is 6.57 Å². The zero-order chi connectivity index (χ0) is 33.8. The highest BCUT2D eigenvalue weighted by atomic mass is 15.0. The molecule has 9 aromatic rings. The van der Waals surface area contributed by atoms with Gasteiger partial charge in [-0.25, -0.2) is 4.85 Å². The monoisotopic (exact) mass is 635 g/mol. The minimum absolute atomic E-state index is 0.329. The molecule has 0 radical (unpaired) electrons. The molecule has 230 valence electrons. The number of fused-ring (bicyclic) bond motifs is 6. The number of para-hydroxylation sites is 4. The van der Waals surface area contributed by atoms with Gasteiger partial charge in [0.1, 0.15) is 12.1 Å². The van der Waals surface area contributed by atoms with E-state index in [1.165, 1.54) is 10.8 Å². The fourth-order valence-electron chi connectivity index (χ4n) is 7.50. The van der Waals surface area contributed by atoms with E-state index in [1.807, 2.05) is 78.9 Å². The molecule has 5 nitrogen and oxygen atoms in total. The third kappa shape index (κ3) is 4.24. The van der Waals surface area contributed by atoms with Crippen LogP contribution in [-0.2, 0) is 0 Å². The summed E-state index contributed by atoms with van der Waals surface area (Å²) in [5, 5.41) is 25.7. The van der Waals surface area contributed by atoms with Gasteiger partial charge in [0.15, 0.2) is 5.69 Å². The van der Waals surface area contributed by atoms with E-state index in [1.54, 1.807) is 0 Å². The Hall–Kier alpha value is -7.39. The summed E-state index contributed by atoms with van der Waals surface area (Å²) < 4.78 is 4.44. The third-order valence-electron chi connectivity index (χ3n) is 9.64. The summed E-state index contributed by atoms with van der Waals surface area (Å²) in [5.41, 5.74) is 10.4. The van der Waals surface area contributed by atoms with Crippen LogP contribution in [0.25, 0.3) is 82.1 Å². The zero-order valence-corrected chi connectivity index (χ0v) is 26.7. The summed E-state index contributed by atoms with van der Waals surface area (Å²) in [5.74, 6) is 0. The Kier molecular flexibility index (Phi) is 6.56. The Morgan fingerprint density at radius 1 is 0.460 bits per heavy atom. The molecule has 0 saturated carbocycles. The number of rotatable bonds is 4. The van der Waals surface area contributed by atoms with Gasteiger partial charge in [0.05, 0.1) is 45.5 Å². The van der Waals surface area contributed by atoms with Gasteiger partial charge in [0.25, 0.3) is 0 Å².